The molecule has 0 saturated carbocycles. The van der Waals surface area contributed by atoms with E-state index in [0.717, 1.165) is 97.0 Å². The standard InChI is InChI=1S/C33H33N7.CH4.B.Cu.H2/c1-2-10-19-18(9-1)26-17-27(19)35-29-21-12-4-6-14-23(21)31(37-29)39-33-25-16-8-7-15-24(25)32(40-33)38-30-22-13-5-3-11-20(22)28(34-26)36-30;;;;/h17H,1-16H2;1H4;;;1H/q-2;;;+2;/i;;;;1+1. The molecule has 0 N–H and O–H groups in total. The van der Waals surface area contributed by atoms with Gasteiger partial charge in [0.05, 0.1) is 11.6 Å². The number of fused-ring (bicyclic) bond motifs is 18. The second kappa shape index (κ2) is 11.8. The molecular formula is C34H39BCuN7. The fraction of sp³-hybridized carbons (Fsp3) is 0.500. The Labute approximate surface area is 267 Å². The Morgan fingerprint density at radius 2 is 0.767 bits per heavy atom. The van der Waals surface area contributed by atoms with Crippen LogP contribution in [0.5, 0.6) is 0 Å². The van der Waals surface area contributed by atoms with Gasteiger partial charge in [-0.3, -0.25) is 9.97 Å². The van der Waals surface area contributed by atoms with Gasteiger partial charge in [0.15, 0.2) is 11.6 Å². The molecule has 43 heavy (non-hydrogen) atoms. The van der Waals surface area contributed by atoms with Crippen molar-refractivity contribution in [1.82, 2.24) is 34.9 Å². The average molecular weight is 621 g/mol. The molecule has 224 valence electrons. The molecule has 9 heteroatoms. The van der Waals surface area contributed by atoms with E-state index in [1.54, 1.807) is 0 Å². The van der Waals surface area contributed by atoms with E-state index in [4.69, 9.17) is 34.9 Å². The Morgan fingerprint density at radius 1 is 0.442 bits per heavy atom. The summed E-state index contributed by atoms with van der Waals surface area (Å²) in [6.07, 6.45) is 17.7. The van der Waals surface area contributed by atoms with Crippen LogP contribution in [0.2, 0.25) is 0 Å². The fourth-order valence-corrected chi connectivity index (χ4v) is 7.86. The zero-order chi connectivity index (χ0) is 26.2. The minimum absolute atomic E-state index is 0. The van der Waals surface area contributed by atoms with Gasteiger partial charge in [0.2, 0.25) is 0 Å². The molecule has 0 fully saturated rings. The zero-order valence-corrected chi connectivity index (χ0v) is 24.8. The first-order chi connectivity index (χ1) is 19.8. The fourth-order valence-electron chi connectivity index (χ4n) is 7.86. The molecule has 2 aromatic heterocycles. The van der Waals surface area contributed by atoms with Gasteiger partial charge in [-0.05, 0) is 110 Å². The molecular weight excluding hydrogens is 581 g/mol. The Bertz CT molecular complexity index is 1580. The summed E-state index contributed by atoms with van der Waals surface area (Å²) in [7, 11) is 0. The molecule has 1 aromatic carbocycles. The minimum atomic E-state index is 0. The number of hydrogen-bond acceptors (Lipinski definition) is 6. The van der Waals surface area contributed by atoms with E-state index in [9.17, 15) is 0 Å². The van der Waals surface area contributed by atoms with E-state index in [-0.39, 0.29) is 34.3 Å². The number of rotatable bonds is 0. The van der Waals surface area contributed by atoms with Gasteiger partial charge in [0.1, 0.15) is 0 Å². The topological polar surface area (TPSA) is 91.4 Å². The van der Waals surface area contributed by atoms with Gasteiger partial charge in [-0.15, -0.1) is 6.07 Å². The number of allylic oxidation sites excluding steroid dienone is 4. The van der Waals surface area contributed by atoms with Crippen LogP contribution in [-0.4, -0.2) is 38.3 Å². The van der Waals surface area contributed by atoms with Crippen molar-refractivity contribution < 1.29 is 18.5 Å². The normalized spacial score (nSPS) is 18.8. The largest absolute Gasteiger partial charge is 2.00 e. The molecule has 4 heterocycles. The van der Waals surface area contributed by atoms with Crippen LogP contribution in [-0.2, 0) is 42.8 Å². The van der Waals surface area contributed by atoms with Gasteiger partial charge in [0, 0.05) is 32.3 Å². The molecule has 0 unspecified atom stereocenters. The van der Waals surface area contributed by atoms with Crippen molar-refractivity contribution in [2.24, 2.45) is 0 Å². The van der Waals surface area contributed by atoms with Crippen LogP contribution in [0.1, 0.15) is 131 Å². The molecule has 3 aromatic rings. The van der Waals surface area contributed by atoms with Crippen molar-refractivity contribution in [3.63, 3.8) is 0 Å². The first kappa shape index (κ1) is 30.0. The van der Waals surface area contributed by atoms with Crippen molar-refractivity contribution >= 4 is 53.0 Å². The van der Waals surface area contributed by atoms with Crippen molar-refractivity contribution in [2.45, 2.75) is 110 Å². The van der Waals surface area contributed by atoms with Gasteiger partial charge in [-0.1, -0.05) is 33.1 Å². The van der Waals surface area contributed by atoms with Gasteiger partial charge in [0.25, 0.3) is 0 Å². The summed E-state index contributed by atoms with van der Waals surface area (Å²) in [6.45, 7) is 0. The maximum absolute atomic E-state index is 5.28. The molecule has 9 rings (SSSR count). The first-order valence-corrected chi connectivity index (χ1v) is 15.5. The Hall–Kier alpha value is -3.03. The summed E-state index contributed by atoms with van der Waals surface area (Å²) in [5, 5.41) is 0. The maximum Gasteiger partial charge on any atom is 2.00 e. The third kappa shape index (κ3) is 4.84. The second-order valence-corrected chi connectivity index (χ2v) is 12.3. The Morgan fingerprint density at radius 3 is 1.16 bits per heavy atom. The van der Waals surface area contributed by atoms with Crippen LogP contribution in [0.25, 0.3) is 44.6 Å². The van der Waals surface area contributed by atoms with Crippen LogP contribution in [0.3, 0.4) is 0 Å². The molecule has 0 saturated heterocycles. The third-order valence-electron chi connectivity index (χ3n) is 9.89. The van der Waals surface area contributed by atoms with E-state index in [1.165, 1.54) is 95.9 Å². The quantitative estimate of drug-likeness (QED) is 0.195. The average Bonchev–Trinajstić information content (AvgIpc) is 3.73. The van der Waals surface area contributed by atoms with Crippen LogP contribution < -0.4 is 4.98 Å². The molecule has 0 amide bonds. The molecule has 7 nitrogen and oxygen atoms in total. The monoisotopic (exact) mass is 620 g/mol. The van der Waals surface area contributed by atoms with E-state index in [1.807, 2.05) is 0 Å². The van der Waals surface area contributed by atoms with Crippen LogP contribution in [0.4, 0.5) is 0 Å². The number of nitrogens with zero attached hydrogens (tertiary/aromatic N) is 7. The minimum Gasteiger partial charge on any atom is -0.358 e. The summed E-state index contributed by atoms with van der Waals surface area (Å²) < 4.78 is 0. The van der Waals surface area contributed by atoms with Crippen molar-refractivity contribution in [3.8, 4) is 0 Å². The third-order valence-corrected chi connectivity index (χ3v) is 9.89. The predicted octanol–water partition coefficient (Wildman–Crippen LogP) is 7.14. The molecule has 4 aliphatic carbocycles. The van der Waals surface area contributed by atoms with Gasteiger partial charge in [-0.25, -0.2) is 9.97 Å². The van der Waals surface area contributed by atoms with Gasteiger partial charge < -0.3 is 15.0 Å². The van der Waals surface area contributed by atoms with Crippen molar-refractivity contribution in [3.05, 3.63) is 51.6 Å². The Kier molecular flexibility index (Phi) is 8.25. The predicted molar refractivity (Wildman–Crippen MR) is 171 cm³/mol. The van der Waals surface area contributed by atoms with Crippen LogP contribution in [0, 0.1) is 0 Å². The van der Waals surface area contributed by atoms with Crippen molar-refractivity contribution in [1.29, 1.82) is 0 Å². The Balaban J connectivity index is 0.000000960. The summed E-state index contributed by atoms with van der Waals surface area (Å²) in [5.41, 5.74) is 14.1. The summed E-state index contributed by atoms with van der Waals surface area (Å²) >= 11 is 0. The molecule has 8 bridgehead atoms. The molecule has 4 radical (unpaired) electrons. The van der Waals surface area contributed by atoms with Crippen molar-refractivity contribution in [2.75, 3.05) is 0 Å². The van der Waals surface area contributed by atoms with Gasteiger partial charge in [-0.2, -0.15) is 11.1 Å². The summed E-state index contributed by atoms with van der Waals surface area (Å²) in [6, 6.07) is 2.21. The van der Waals surface area contributed by atoms with E-state index in [2.05, 4.69) is 6.07 Å². The molecule has 0 spiro atoms. The molecule has 2 aliphatic heterocycles. The number of aromatic nitrogens is 7. The van der Waals surface area contributed by atoms with Crippen LogP contribution in [0.15, 0.2) is 6.07 Å². The smallest absolute Gasteiger partial charge is 0.358 e. The number of aryl methyl sites for hydroxylation is 4. The first-order valence-electron chi connectivity index (χ1n) is 15.5. The van der Waals surface area contributed by atoms with E-state index in [0.29, 0.717) is 0 Å². The molecule has 0 atom stereocenters. The SMILES string of the molecule is C.[2HH].[B].[Cu+2].[cH-]1c2nc3nc(nc4[n-]c(nc5nc(nc1c1c2CCCC1)C1=C5CCCC1)c1c4CCCC1)C1=C3CCCC1. The maximum atomic E-state index is 5.28. The van der Waals surface area contributed by atoms with Crippen LogP contribution >= 0.6 is 0 Å². The second-order valence-electron chi connectivity index (χ2n) is 12.3. The zero-order valence-electron chi connectivity index (χ0n) is 23.9. The van der Waals surface area contributed by atoms with E-state index >= 15 is 0 Å². The summed E-state index contributed by atoms with van der Waals surface area (Å²) in [5.74, 6) is 3.38. The number of hydrogen-bond donors (Lipinski definition) is 0. The van der Waals surface area contributed by atoms with Gasteiger partial charge >= 0.3 is 17.1 Å². The molecule has 6 aliphatic rings. The van der Waals surface area contributed by atoms with E-state index < -0.39 is 0 Å². The summed E-state index contributed by atoms with van der Waals surface area (Å²) in [4.78, 5) is 36.3.